The minimum atomic E-state index is -0.981. The van der Waals surface area contributed by atoms with Crippen molar-refractivity contribution in [3.8, 4) is 17.2 Å². The molecule has 2 aromatic rings. The fourth-order valence-corrected chi connectivity index (χ4v) is 4.44. The van der Waals surface area contributed by atoms with Gasteiger partial charge in [0.25, 0.3) is 0 Å². The lowest BCUT2D eigenvalue weighted by Gasteiger charge is -2.31. The second kappa shape index (κ2) is 11.9. The smallest absolute Gasteiger partial charge is 0.341 e. The Kier molecular flexibility index (Phi) is 8.97. The fraction of sp³-hybridized carbons (Fsp3) is 0.500. The van der Waals surface area contributed by atoms with Gasteiger partial charge in [-0.15, -0.1) is 0 Å². The second-order valence-corrected chi connectivity index (χ2v) is 8.67. The third kappa shape index (κ3) is 6.85. The number of aliphatic carboxylic acids is 1. The van der Waals surface area contributed by atoms with Gasteiger partial charge in [-0.3, -0.25) is 0 Å². The number of carboxylic acid groups (broad SMARTS) is 1. The maximum absolute atomic E-state index is 11.0. The molecule has 0 spiro atoms. The summed E-state index contributed by atoms with van der Waals surface area (Å²) in [6, 6.07) is 11.5. The highest BCUT2D eigenvalue weighted by molar-refractivity contribution is 5.68. The third-order valence-electron chi connectivity index (χ3n) is 6.38. The number of aryl methyl sites for hydroxylation is 1. The van der Waals surface area contributed by atoms with Crippen molar-refractivity contribution in [2.75, 3.05) is 41.0 Å². The van der Waals surface area contributed by atoms with Crippen LogP contribution >= 0.6 is 0 Å². The van der Waals surface area contributed by atoms with E-state index in [4.69, 9.17) is 19.3 Å². The number of ether oxygens (including phenoxy) is 3. The van der Waals surface area contributed by atoms with Crippen molar-refractivity contribution in [1.82, 2.24) is 4.90 Å². The zero-order valence-corrected chi connectivity index (χ0v) is 19.8. The predicted molar refractivity (Wildman–Crippen MR) is 126 cm³/mol. The molecule has 180 valence electrons. The summed E-state index contributed by atoms with van der Waals surface area (Å²) in [6.07, 6.45) is 4.37. The van der Waals surface area contributed by atoms with Gasteiger partial charge >= 0.3 is 5.97 Å². The number of hydrogen-bond acceptors (Lipinski definition) is 6. The molecule has 2 N–H and O–H groups in total. The molecule has 0 heterocycles. The minimum Gasteiger partial charge on any atom is -0.493 e. The van der Waals surface area contributed by atoms with Crippen LogP contribution in [-0.2, 0) is 17.6 Å². The summed E-state index contributed by atoms with van der Waals surface area (Å²) < 4.78 is 16.0. The van der Waals surface area contributed by atoms with Crippen LogP contribution in [0, 0.1) is 5.92 Å². The number of carboxylic acids is 1. The maximum Gasteiger partial charge on any atom is 0.341 e. The van der Waals surface area contributed by atoms with E-state index in [0.717, 1.165) is 56.3 Å². The number of likely N-dealkylation sites (N-methyl/N-ethyl adjacent to an activating group) is 1. The van der Waals surface area contributed by atoms with E-state index in [-0.39, 0.29) is 12.5 Å². The van der Waals surface area contributed by atoms with Crippen LogP contribution in [0.2, 0.25) is 0 Å². The summed E-state index contributed by atoms with van der Waals surface area (Å²) in [7, 11) is 5.37. The third-order valence-corrected chi connectivity index (χ3v) is 6.38. The van der Waals surface area contributed by atoms with E-state index in [1.165, 1.54) is 5.56 Å². The topological polar surface area (TPSA) is 88.5 Å². The summed E-state index contributed by atoms with van der Waals surface area (Å²) in [5.41, 5.74) is 3.30. The van der Waals surface area contributed by atoms with Crippen LogP contribution in [0.15, 0.2) is 36.4 Å². The first kappa shape index (κ1) is 24.9. The Morgan fingerprint density at radius 3 is 2.45 bits per heavy atom. The van der Waals surface area contributed by atoms with Gasteiger partial charge in [0.15, 0.2) is 18.1 Å². The largest absolute Gasteiger partial charge is 0.493 e. The van der Waals surface area contributed by atoms with Gasteiger partial charge in [-0.1, -0.05) is 12.1 Å². The highest BCUT2D eigenvalue weighted by Gasteiger charge is 2.29. The quantitative estimate of drug-likeness (QED) is 0.502. The van der Waals surface area contributed by atoms with E-state index in [1.54, 1.807) is 14.2 Å². The molecular weight excluding hydrogens is 422 g/mol. The lowest BCUT2D eigenvalue weighted by atomic mass is 9.79. The van der Waals surface area contributed by atoms with Gasteiger partial charge in [0.2, 0.25) is 0 Å². The summed E-state index contributed by atoms with van der Waals surface area (Å²) in [6.45, 7) is 1.58. The highest BCUT2D eigenvalue weighted by atomic mass is 16.5. The van der Waals surface area contributed by atoms with Gasteiger partial charge in [-0.05, 0) is 92.6 Å². The van der Waals surface area contributed by atoms with E-state index in [2.05, 4.69) is 11.9 Å². The van der Waals surface area contributed by atoms with E-state index in [1.807, 2.05) is 36.4 Å². The Morgan fingerprint density at radius 2 is 1.79 bits per heavy atom. The first-order valence-corrected chi connectivity index (χ1v) is 11.5. The predicted octanol–water partition coefficient (Wildman–Crippen LogP) is 3.72. The zero-order valence-electron chi connectivity index (χ0n) is 19.8. The van der Waals surface area contributed by atoms with Gasteiger partial charge in [0.05, 0.1) is 20.3 Å². The molecule has 0 fully saturated rings. The van der Waals surface area contributed by atoms with Crippen LogP contribution < -0.4 is 14.2 Å². The Morgan fingerprint density at radius 1 is 1.09 bits per heavy atom. The standard InChI is InChI=1S/C26H35NO6/c1-27(14-12-18-6-10-21(11-7-18)33-17-25(28)29)13-4-5-19-8-9-20-15-23(31-2)24(32-3)16-22(20)26(19)30/h6-7,10-11,15-16,19,26,30H,4-5,8-9,12-14,17H2,1-3H3,(H,28,29). The van der Waals surface area contributed by atoms with Crippen molar-refractivity contribution in [1.29, 1.82) is 0 Å². The van der Waals surface area contributed by atoms with E-state index < -0.39 is 12.1 Å². The molecule has 0 bridgehead atoms. The van der Waals surface area contributed by atoms with Crippen LogP contribution in [0.3, 0.4) is 0 Å². The molecule has 0 saturated heterocycles. The molecule has 2 atom stereocenters. The van der Waals surface area contributed by atoms with Crippen molar-refractivity contribution in [3.05, 3.63) is 53.1 Å². The Balaban J connectivity index is 1.42. The normalized spacial score (nSPS) is 17.5. The molecule has 7 nitrogen and oxygen atoms in total. The molecule has 7 heteroatoms. The lowest BCUT2D eigenvalue weighted by molar-refractivity contribution is -0.139. The van der Waals surface area contributed by atoms with Crippen molar-refractivity contribution >= 4 is 5.97 Å². The van der Waals surface area contributed by atoms with Crippen LogP contribution in [0.25, 0.3) is 0 Å². The second-order valence-electron chi connectivity index (χ2n) is 8.67. The van der Waals surface area contributed by atoms with Crippen LogP contribution in [-0.4, -0.2) is 62.0 Å². The van der Waals surface area contributed by atoms with Crippen molar-refractivity contribution in [2.24, 2.45) is 5.92 Å². The van der Waals surface area contributed by atoms with Crippen molar-refractivity contribution < 1.29 is 29.2 Å². The van der Waals surface area contributed by atoms with Crippen molar-refractivity contribution in [2.45, 2.75) is 38.2 Å². The maximum atomic E-state index is 11.0. The van der Waals surface area contributed by atoms with Gasteiger partial charge in [0.1, 0.15) is 5.75 Å². The number of methoxy groups -OCH3 is 2. The van der Waals surface area contributed by atoms with E-state index >= 15 is 0 Å². The molecule has 1 aliphatic carbocycles. The monoisotopic (exact) mass is 457 g/mol. The average molecular weight is 458 g/mol. The molecule has 0 radical (unpaired) electrons. The number of nitrogens with zero attached hydrogens (tertiary/aromatic N) is 1. The van der Waals surface area contributed by atoms with Crippen LogP contribution in [0.5, 0.6) is 17.2 Å². The molecule has 2 unspecified atom stereocenters. The SMILES string of the molecule is COc1cc2c(cc1OC)C(O)C(CCCN(C)CCc1ccc(OCC(=O)O)cc1)CC2. The summed E-state index contributed by atoms with van der Waals surface area (Å²) >= 11 is 0. The van der Waals surface area contributed by atoms with Crippen molar-refractivity contribution in [3.63, 3.8) is 0 Å². The summed E-state index contributed by atoms with van der Waals surface area (Å²) in [5, 5.41) is 19.6. The fourth-order valence-electron chi connectivity index (χ4n) is 4.44. The Hall–Kier alpha value is -2.77. The molecule has 0 aromatic heterocycles. The van der Waals surface area contributed by atoms with Crippen LogP contribution in [0.4, 0.5) is 0 Å². The van der Waals surface area contributed by atoms with Gasteiger partial charge in [-0.2, -0.15) is 0 Å². The molecule has 33 heavy (non-hydrogen) atoms. The van der Waals surface area contributed by atoms with Gasteiger partial charge < -0.3 is 29.3 Å². The number of aliphatic hydroxyl groups is 1. The minimum absolute atomic E-state index is 0.252. The lowest BCUT2D eigenvalue weighted by Crippen LogP contribution is -2.25. The molecule has 1 aliphatic rings. The number of fused-ring (bicyclic) bond motifs is 1. The van der Waals surface area contributed by atoms with Gasteiger partial charge in [0, 0.05) is 6.54 Å². The number of rotatable bonds is 12. The zero-order chi connectivity index (χ0) is 23.8. The Labute approximate surface area is 195 Å². The summed E-state index contributed by atoms with van der Waals surface area (Å²) in [4.78, 5) is 12.9. The summed E-state index contributed by atoms with van der Waals surface area (Å²) in [5.74, 6) is 1.22. The molecular formula is C26H35NO6. The number of hydrogen-bond donors (Lipinski definition) is 2. The molecule has 0 saturated carbocycles. The highest BCUT2D eigenvalue weighted by Crippen LogP contribution is 2.41. The average Bonchev–Trinajstić information content (AvgIpc) is 2.82. The number of carbonyl (C=O) groups is 1. The molecule has 3 rings (SSSR count). The Bertz CT molecular complexity index is 914. The van der Waals surface area contributed by atoms with E-state index in [9.17, 15) is 9.90 Å². The molecule has 0 aliphatic heterocycles. The van der Waals surface area contributed by atoms with Gasteiger partial charge in [-0.25, -0.2) is 4.79 Å². The van der Waals surface area contributed by atoms with E-state index in [0.29, 0.717) is 17.2 Å². The molecule has 2 aromatic carbocycles. The van der Waals surface area contributed by atoms with Crippen LogP contribution in [0.1, 0.15) is 42.1 Å². The first-order valence-electron chi connectivity index (χ1n) is 11.5. The number of aliphatic hydroxyl groups excluding tert-OH is 1. The molecule has 0 amide bonds. The number of benzene rings is 2. The first-order chi connectivity index (χ1) is 15.9.